The zero-order chi connectivity index (χ0) is 13.1. The number of nitrogens with zero attached hydrogens (tertiary/aromatic N) is 1. The van der Waals surface area contributed by atoms with Gasteiger partial charge in [0.15, 0.2) is 0 Å². The van der Waals surface area contributed by atoms with Gasteiger partial charge in [0.05, 0.1) is 0 Å². The van der Waals surface area contributed by atoms with E-state index in [1.54, 1.807) is 0 Å². The maximum absolute atomic E-state index is 12.4. The number of halogens is 6. The molecule has 16 heavy (non-hydrogen) atoms. The average Bonchev–Trinajstić information content (AvgIpc) is 2.15. The Morgan fingerprint density at radius 2 is 1.75 bits per heavy atom. The number of hydrogen-bond donors (Lipinski definition) is 0. The Kier molecular flexibility index (Phi) is 3.95. The highest BCUT2D eigenvalue weighted by Crippen LogP contribution is 2.40. The minimum atomic E-state index is -5.85. The number of esters is 1. The van der Waals surface area contributed by atoms with Gasteiger partial charge in [0.1, 0.15) is 11.6 Å². The molecule has 9 heteroatoms. The lowest BCUT2D eigenvalue weighted by Gasteiger charge is -2.24. The first-order valence-electron chi connectivity index (χ1n) is 3.42. The minimum absolute atomic E-state index is 0.933. The molecule has 0 N–H and O–H groups in total. The van der Waals surface area contributed by atoms with E-state index in [2.05, 4.69) is 11.3 Å². The van der Waals surface area contributed by atoms with Crippen LogP contribution in [-0.2, 0) is 9.53 Å². The summed E-state index contributed by atoms with van der Waals surface area (Å²) < 4.78 is 74.9. The fourth-order valence-electron chi connectivity index (χ4n) is 0.419. The van der Waals surface area contributed by atoms with Crippen molar-refractivity contribution in [1.82, 2.24) is 0 Å². The van der Waals surface area contributed by atoms with E-state index in [1.165, 1.54) is 0 Å². The third-order valence-corrected chi connectivity index (χ3v) is 1.26. The number of alkyl halides is 6. The molecule has 0 aromatic heterocycles. The summed E-state index contributed by atoms with van der Waals surface area (Å²) in [7, 11) is 0. The van der Waals surface area contributed by atoms with Crippen LogP contribution < -0.4 is 0 Å². The molecular weight excluding hydrogens is 244 g/mol. The van der Waals surface area contributed by atoms with Gasteiger partial charge in [-0.15, -0.1) is 0 Å². The highest BCUT2D eigenvalue weighted by molar-refractivity contribution is 5.92. The summed E-state index contributed by atoms with van der Waals surface area (Å²) in [4.78, 5) is 10.5. The van der Waals surface area contributed by atoms with Crippen molar-refractivity contribution >= 4 is 5.97 Å². The Labute approximate surface area is 84.9 Å². The van der Waals surface area contributed by atoms with Gasteiger partial charge in [-0.2, -0.15) is 22.8 Å². The maximum atomic E-state index is 12.4. The zero-order valence-corrected chi connectivity index (χ0v) is 7.32. The van der Waals surface area contributed by atoms with Crippen molar-refractivity contribution in [2.75, 3.05) is 0 Å². The average molecular weight is 247 g/mol. The van der Waals surface area contributed by atoms with Gasteiger partial charge in [-0.25, -0.2) is 13.6 Å². The Bertz CT molecular complexity index is 345. The number of carbonyl (C=O) groups excluding carboxylic acids is 1. The molecule has 90 valence electrons. The second-order valence-corrected chi connectivity index (χ2v) is 2.42. The first kappa shape index (κ1) is 14.3. The van der Waals surface area contributed by atoms with Crippen LogP contribution in [0.25, 0.3) is 0 Å². The lowest BCUT2D eigenvalue weighted by atomic mass is 10.3. The second-order valence-electron chi connectivity index (χ2n) is 2.42. The SMILES string of the molecule is C=C(C#N)C(=O)OC(F)(F)C(F)(F)C(F)F. The van der Waals surface area contributed by atoms with Crippen LogP contribution in [0.3, 0.4) is 0 Å². The van der Waals surface area contributed by atoms with Crippen LogP contribution in [0.4, 0.5) is 26.3 Å². The van der Waals surface area contributed by atoms with E-state index < -0.39 is 30.0 Å². The molecule has 0 atom stereocenters. The minimum Gasteiger partial charge on any atom is -0.392 e. The van der Waals surface area contributed by atoms with Crippen LogP contribution >= 0.6 is 0 Å². The monoisotopic (exact) mass is 247 g/mol. The molecule has 0 spiro atoms. The largest absolute Gasteiger partial charge is 0.472 e. The molecule has 0 aromatic rings. The zero-order valence-electron chi connectivity index (χ0n) is 7.32. The predicted molar refractivity (Wildman–Crippen MR) is 36.7 cm³/mol. The van der Waals surface area contributed by atoms with Gasteiger partial charge in [0, 0.05) is 0 Å². The summed E-state index contributed by atoms with van der Waals surface area (Å²) >= 11 is 0. The van der Waals surface area contributed by atoms with Crippen LogP contribution in [0.15, 0.2) is 12.2 Å². The van der Waals surface area contributed by atoms with Crippen molar-refractivity contribution in [3.8, 4) is 6.07 Å². The van der Waals surface area contributed by atoms with Crippen LogP contribution in [0, 0.1) is 11.3 Å². The molecule has 0 rings (SSSR count). The highest BCUT2D eigenvalue weighted by Gasteiger charge is 2.66. The summed E-state index contributed by atoms with van der Waals surface area (Å²) in [6, 6.07) is 0.933. The van der Waals surface area contributed by atoms with Crippen molar-refractivity contribution < 1.29 is 35.9 Å². The maximum Gasteiger partial charge on any atom is 0.472 e. The molecule has 0 fully saturated rings. The van der Waals surface area contributed by atoms with E-state index >= 15 is 0 Å². The number of carbonyl (C=O) groups is 1. The van der Waals surface area contributed by atoms with Crippen molar-refractivity contribution in [1.29, 1.82) is 5.26 Å². The second kappa shape index (κ2) is 4.42. The third kappa shape index (κ3) is 2.65. The van der Waals surface area contributed by atoms with E-state index in [4.69, 9.17) is 5.26 Å². The molecule has 0 aliphatic heterocycles. The van der Waals surface area contributed by atoms with E-state index in [-0.39, 0.29) is 0 Å². The van der Waals surface area contributed by atoms with Crippen molar-refractivity contribution in [3.63, 3.8) is 0 Å². The lowest BCUT2D eigenvalue weighted by molar-refractivity contribution is -0.357. The predicted octanol–water partition coefficient (Wildman–Crippen LogP) is 2.10. The number of rotatable bonds is 4. The van der Waals surface area contributed by atoms with Gasteiger partial charge in [-0.3, -0.25) is 0 Å². The van der Waals surface area contributed by atoms with Gasteiger partial charge in [-0.05, 0) is 0 Å². The molecule has 0 heterocycles. The number of ether oxygens (including phenoxy) is 1. The van der Waals surface area contributed by atoms with E-state index in [0.29, 0.717) is 0 Å². The molecular formula is C7H3F6NO2. The standard InChI is InChI=1S/C7H3F6NO2/c1-3(2-14)4(15)16-7(12,13)6(10,11)5(8)9/h5H,1H2. The molecule has 0 saturated heterocycles. The molecule has 0 radical (unpaired) electrons. The molecule has 0 bridgehead atoms. The van der Waals surface area contributed by atoms with E-state index in [9.17, 15) is 31.1 Å². The van der Waals surface area contributed by atoms with Crippen LogP contribution in [0.1, 0.15) is 0 Å². The fourth-order valence-corrected chi connectivity index (χ4v) is 0.419. The lowest BCUT2D eigenvalue weighted by Crippen LogP contribution is -2.49. The Balaban J connectivity index is 4.91. The summed E-state index contributed by atoms with van der Waals surface area (Å²) in [6.07, 6.45) is -10.5. The van der Waals surface area contributed by atoms with E-state index in [1.807, 2.05) is 0 Å². The molecule has 0 amide bonds. The van der Waals surface area contributed by atoms with Gasteiger partial charge < -0.3 is 4.74 Å². The van der Waals surface area contributed by atoms with E-state index in [0.717, 1.165) is 6.07 Å². The van der Waals surface area contributed by atoms with Gasteiger partial charge in [0.25, 0.3) is 0 Å². The van der Waals surface area contributed by atoms with Gasteiger partial charge in [0.2, 0.25) is 0 Å². The van der Waals surface area contributed by atoms with Crippen LogP contribution in [0.5, 0.6) is 0 Å². The molecule has 0 aliphatic carbocycles. The quantitative estimate of drug-likeness (QED) is 0.331. The molecule has 3 nitrogen and oxygen atoms in total. The molecule has 0 aliphatic rings. The van der Waals surface area contributed by atoms with Crippen LogP contribution in [-0.4, -0.2) is 24.4 Å². The Hall–Kier alpha value is -1.72. The molecule has 0 saturated carbocycles. The summed E-state index contributed by atoms with van der Waals surface area (Å²) in [6.45, 7) is 2.58. The third-order valence-electron chi connectivity index (χ3n) is 1.26. The fraction of sp³-hybridized carbons (Fsp3) is 0.429. The number of hydrogen-bond acceptors (Lipinski definition) is 3. The van der Waals surface area contributed by atoms with Crippen molar-refractivity contribution in [2.45, 2.75) is 18.5 Å². The number of nitriles is 1. The van der Waals surface area contributed by atoms with Gasteiger partial charge >= 0.3 is 24.4 Å². The Morgan fingerprint density at radius 1 is 1.31 bits per heavy atom. The highest BCUT2D eigenvalue weighted by atomic mass is 19.3. The van der Waals surface area contributed by atoms with Crippen molar-refractivity contribution in [3.05, 3.63) is 12.2 Å². The van der Waals surface area contributed by atoms with Crippen molar-refractivity contribution in [2.24, 2.45) is 0 Å². The Morgan fingerprint density at radius 3 is 2.06 bits per heavy atom. The normalized spacial score (nSPS) is 12.1. The topological polar surface area (TPSA) is 50.1 Å². The van der Waals surface area contributed by atoms with Gasteiger partial charge in [-0.1, -0.05) is 6.58 Å². The molecule has 0 aromatic carbocycles. The molecule has 0 unspecified atom stereocenters. The first-order valence-corrected chi connectivity index (χ1v) is 3.42. The first-order chi connectivity index (χ1) is 7.06. The summed E-state index contributed by atoms with van der Waals surface area (Å²) in [5.74, 6) is -8.05. The van der Waals surface area contributed by atoms with Crippen LogP contribution in [0.2, 0.25) is 0 Å². The summed E-state index contributed by atoms with van der Waals surface area (Å²) in [5.41, 5.74) is -1.22. The summed E-state index contributed by atoms with van der Waals surface area (Å²) in [5, 5.41) is 7.98. The smallest absolute Gasteiger partial charge is 0.392 e.